The van der Waals surface area contributed by atoms with E-state index in [1.165, 1.54) is 0 Å². The summed E-state index contributed by atoms with van der Waals surface area (Å²) in [6, 6.07) is 5.67. The summed E-state index contributed by atoms with van der Waals surface area (Å²) in [4.78, 5) is 12.6. The van der Waals surface area contributed by atoms with Crippen LogP contribution in [0.5, 0.6) is 0 Å². The molecule has 0 aliphatic heterocycles. The molecule has 0 atom stereocenters. The quantitative estimate of drug-likeness (QED) is 0.837. The number of anilines is 2. The molecule has 3 N–H and O–H groups in total. The van der Waals surface area contributed by atoms with Crippen LogP contribution in [0.4, 0.5) is 11.6 Å². The molecule has 0 fully saturated rings. The highest BCUT2D eigenvalue weighted by Gasteiger charge is 2.01. The molecular formula is C12H15N5. The molecule has 0 spiro atoms. The highest BCUT2D eigenvalue weighted by atomic mass is 15.0. The second-order valence-electron chi connectivity index (χ2n) is 3.85. The van der Waals surface area contributed by atoms with Crippen molar-refractivity contribution in [1.29, 1.82) is 0 Å². The summed E-state index contributed by atoms with van der Waals surface area (Å²) in [5.41, 5.74) is 7.81. The summed E-state index contributed by atoms with van der Waals surface area (Å²) >= 11 is 0. The van der Waals surface area contributed by atoms with E-state index in [4.69, 9.17) is 5.73 Å². The summed E-state index contributed by atoms with van der Waals surface area (Å²) in [5.74, 6) is 1.85. The molecule has 88 valence electrons. The van der Waals surface area contributed by atoms with Crippen molar-refractivity contribution in [2.75, 3.05) is 11.1 Å². The Morgan fingerprint density at radius 3 is 2.82 bits per heavy atom. The van der Waals surface area contributed by atoms with Gasteiger partial charge in [0.15, 0.2) is 0 Å². The van der Waals surface area contributed by atoms with Crippen molar-refractivity contribution in [2.24, 2.45) is 0 Å². The van der Waals surface area contributed by atoms with Crippen LogP contribution < -0.4 is 11.1 Å². The molecule has 0 radical (unpaired) electrons. The summed E-state index contributed by atoms with van der Waals surface area (Å²) in [6.07, 6.45) is 1.78. The molecule has 2 aromatic heterocycles. The monoisotopic (exact) mass is 229 g/mol. The van der Waals surface area contributed by atoms with Crippen molar-refractivity contribution in [3.8, 4) is 0 Å². The third kappa shape index (κ3) is 2.90. The second-order valence-corrected chi connectivity index (χ2v) is 3.85. The van der Waals surface area contributed by atoms with Gasteiger partial charge in [0, 0.05) is 12.3 Å². The molecule has 2 heterocycles. The number of nitrogens with two attached hydrogens (primary N) is 1. The van der Waals surface area contributed by atoms with Crippen molar-refractivity contribution in [1.82, 2.24) is 15.0 Å². The normalized spacial score (nSPS) is 10.2. The number of aryl methyl sites for hydroxylation is 2. The van der Waals surface area contributed by atoms with E-state index < -0.39 is 0 Å². The summed E-state index contributed by atoms with van der Waals surface area (Å²) in [5, 5.41) is 3.19. The zero-order valence-corrected chi connectivity index (χ0v) is 9.94. The van der Waals surface area contributed by atoms with Gasteiger partial charge in [0.2, 0.25) is 0 Å². The molecule has 0 bridgehead atoms. The molecule has 5 heteroatoms. The van der Waals surface area contributed by atoms with Crippen LogP contribution in [0.25, 0.3) is 0 Å². The summed E-state index contributed by atoms with van der Waals surface area (Å²) < 4.78 is 0. The average molecular weight is 229 g/mol. The largest absolute Gasteiger partial charge is 0.384 e. The number of nitrogens with one attached hydrogen (secondary N) is 1. The maximum absolute atomic E-state index is 5.65. The van der Waals surface area contributed by atoms with Crippen LogP contribution in [0, 0.1) is 13.8 Å². The van der Waals surface area contributed by atoms with Crippen molar-refractivity contribution in [2.45, 2.75) is 20.4 Å². The van der Waals surface area contributed by atoms with E-state index in [1.54, 1.807) is 12.3 Å². The highest BCUT2D eigenvalue weighted by Crippen LogP contribution is 2.10. The predicted molar refractivity (Wildman–Crippen MR) is 67.5 cm³/mol. The Hall–Kier alpha value is -2.17. The zero-order chi connectivity index (χ0) is 12.3. The Morgan fingerprint density at radius 2 is 2.12 bits per heavy atom. The minimum atomic E-state index is 0.470. The molecule has 2 aromatic rings. The lowest BCUT2D eigenvalue weighted by molar-refractivity contribution is 0.984. The second kappa shape index (κ2) is 4.78. The minimum Gasteiger partial charge on any atom is -0.384 e. The van der Waals surface area contributed by atoms with Gasteiger partial charge in [-0.25, -0.2) is 9.97 Å². The molecular weight excluding hydrogens is 214 g/mol. The number of pyridine rings is 1. The first-order valence-electron chi connectivity index (χ1n) is 5.40. The highest BCUT2D eigenvalue weighted by molar-refractivity contribution is 5.44. The van der Waals surface area contributed by atoms with E-state index in [0.717, 1.165) is 17.1 Å². The molecule has 0 amide bonds. The predicted octanol–water partition coefficient (Wildman–Crippen LogP) is 1.68. The Bertz CT molecular complexity index is 504. The van der Waals surface area contributed by atoms with Gasteiger partial charge in [-0.15, -0.1) is 0 Å². The summed E-state index contributed by atoms with van der Waals surface area (Å²) in [6.45, 7) is 4.47. The van der Waals surface area contributed by atoms with Gasteiger partial charge in [-0.3, -0.25) is 4.98 Å². The van der Waals surface area contributed by atoms with Crippen LogP contribution in [0.2, 0.25) is 0 Å². The minimum absolute atomic E-state index is 0.470. The molecule has 0 aromatic carbocycles. The number of rotatable bonds is 3. The van der Waals surface area contributed by atoms with Crippen LogP contribution in [-0.2, 0) is 6.54 Å². The smallest absolute Gasteiger partial charge is 0.132 e. The topological polar surface area (TPSA) is 76.7 Å². The molecule has 2 rings (SSSR count). The molecule has 0 aliphatic carbocycles. The summed E-state index contributed by atoms with van der Waals surface area (Å²) in [7, 11) is 0. The van der Waals surface area contributed by atoms with Gasteiger partial charge in [-0.2, -0.15) is 0 Å². The first kappa shape index (κ1) is 11.3. The SMILES string of the molecule is Cc1nc(N)cc(NCc2ncccc2C)n1. The number of nitrogen functional groups attached to an aromatic ring is 1. The number of nitrogens with zero attached hydrogens (tertiary/aromatic N) is 3. The van der Waals surface area contributed by atoms with Crippen LogP contribution in [0.15, 0.2) is 24.4 Å². The molecule has 0 unspecified atom stereocenters. The van der Waals surface area contributed by atoms with Crippen LogP contribution in [-0.4, -0.2) is 15.0 Å². The van der Waals surface area contributed by atoms with Crippen LogP contribution in [0.1, 0.15) is 17.1 Å². The van der Waals surface area contributed by atoms with E-state index in [-0.39, 0.29) is 0 Å². The lowest BCUT2D eigenvalue weighted by atomic mass is 10.2. The third-order valence-electron chi connectivity index (χ3n) is 2.41. The Balaban J connectivity index is 2.10. The van der Waals surface area contributed by atoms with Crippen molar-refractivity contribution in [3.63, 3.8) is 0 Å². The fraction of sp³-hybridized carbons (Fsp3) is 0.250. The Kier molecular flexibility index (Phi) is 3.18. The standard InChI is InChI=1S/C12H15N5/c1-8-4-3-5-14-10(8)7-15-12-6-11(13)16-9(2)17-12/h3-6H,7H2,1-2H3,(H3,13,15,16,17). The third-order valence-corrected chi connectivity index (χ3v) is 2.41. The van der Waals surface area contributed by atoms with Crippen molar-refractivity contribution >= 4 is 11.6 Å². The van der Waals surface area contributed by atoms with Gasteiger partial charge in [-0.1, -0.05) is 6.07 Å². The molecule has 0 aliphatic rings. The fourth-order valence-electron chi connectivity index (χ4n) is 1.56. The van der Waals surface area contributed by atoms with E-state index in [9.17, 15) is 0 Å². The first-order valence-corrected chi connectivity index (χ1v) is 5.40. The van der Waals surface area contributed by atoms with E-state index in [2.05, 4.69) is 20.3 Å². The van der Waals surface area contributed by atoms with Crippen LogP contribution in [0.3, 0.4) is 0 Å². The maximum Gasteiger partial charge on any atom is 0.132 e. The lowest BCUT2D eigenvalue weighted by Gasteiger charge is -2.08. The van der Waals surface area contributed by atoms with Crippen molar-refractivity contribution in [3.05, 3.63) is 41.5 Å². The van der Waals surface area contributed by atoms with E-state index in [1.807, 2.05) is 26.0 Å². The van der Waals surface area contributed by atoms with Gasteiger partial charge >= 0.3 is 0 Å². The maximum atomic E-state index is 5.65. The van der Waals surface area contributed by atoms with Gasteiger partial charge < -0.3 is 11.1 Å². The molecule has 0 saturated carbocycles. The van der Waals surface area contributed by atoms with Gasteiger partial charge in [-0.05, 0) is 25.5 Å². The molecule has 0 saturated heterocycles. The first-order chi connectivity index (χ1) is 8.15. The molecule has 5 nitrogen and oxygen atoms in total. The molecule has 17 heavy (non-hydrogen) atoms. The number of hydrogen-bond acceptors (Lipinski definition) is 5. The van der Waals surface area contributed by atoms with Crippen LogP contribution >= 0.6 is 0 Å². The van der Waals surface area contributed by atoms with E-state index in [0.29, 0.717) is 18.2 Å². The number of aromatic nitrogens is 3. The van der Waals surface area contributed by atoms with Gasteiger partial charge in [0.1, 0.15) is 17.5 Å². The van der Waals surface area contributed by atoms with Gasteiger partial charge in [0.25, 0.3) is 0 Å². The zero-order valence-electron chi connectivity index (χ0n) is 9.94. The Morgan fingerprint density at radius 1 is 1.29 bits per heavy atom. The average Bonchev–Trinajstić information content (AvgIpc) is 2.27. The van der Waals surface area contributed by atoms with E-state index >= 15 is 0 Å². The van der Waals surface area contributed by atoms with Crippen molar-refractivity contribution < 1.29 is 0 Å². The van der Waals surface area contributed by atoms with Gasteiger partial charge in [0.05, 0.1) is 12.2 Å². The lowest BCUT2D eigenvalue weighted by Crippen LogP contribution is -2.07. The number of hydrogen-bond donors (Lipinski definition) is 2. The fourth-order valence-corrected chi connectivity index (χ4v) is 1.56. The Labute approximate surface area is 100 Å².